The molecule has 0 spiro atoms. The number of epoxide rings is 2. The molecule has 2 amide bonds. The van der Waals surface area contributed by atoms with E-state index in [1.54, 1.807) is 51.3 Å². The Kier molecular flexibility index (Phi) is 14.7. The number of ether oxygens (including phenoxy) is 6. The van der Waals surface area contributed by atoms with E-state index in [1.165, 1.54) is 0 Å². The summed E-state index contributed by atoms with van der Waals surface area (Å²) in [5, 5.41) is 22.3. The van der Waals surface area contributed by atoms with Crippen molar-refractivity contribution in [3.8, 4) is 11.5 Å². The second-order valence-corrected chi connectivity index (χ2v) is 21.7. The number of amides is 2. The molecule has 12 heteroatoms. The first-order valence-corrected chi connectivity index (χ1v) is 22.6. The zero-order chi connectivity index (χ0) is 46.4. The van der Waals surface area contributed by atoms with Gasteiger partial charge in [0.25, 0.3) is 0 Å². The van der Waals surface area contributed by atoms with E-state index in [-0.39, 0.29) is 59.9 Å². The van der Waals surface area contributed by atoms with Crippen LogP contribution in [0.4, 0.5) is 0 Å². The Balaban J connectivity index is 1.34. The SMILES string of the molecule is CC(OCC(C)(C)C1CO1)C(C)(C)COc1ccc(CC2C(=O)N(C(C)(C)C(C)O)C(Cc3ccc(OC(C)(C)C(C)OC(C)(C)C4CO4)cc3)C(=O)N2C(C)(C)C(C)O)cc1. The van der Waals surface area contributed by atoms with Gasteiger partial charge < -0.3 is 48.4 Å². The van der Waals surface area contributed by atoms with Crippen LogP contribution in [-0.2, 0) is 41.4 Å². The first-order chi connectivity index (χ1) is 28.5. The number of carbonyl (C=O) groups is 2. The predicted octanol–water partition coefficient (Wildman–Crippen LogP) is 7.17. The van der Waals surface area contributed by atoms with Gasteiger partial charge in [-0.2, -0.15) is 0 Å². The summed E-state index contributed by atoms with van der Waals surface area (Å²) in [6.45, 7) is 33.6. The normalized spacial score (nSPS) is 23.5. The first kappa shape index (κ1) is 49.8. The van der Waals surface area contributed by atoms with Crippen molar-refractivity contribution in [3.05, 3.63) is 59.7 Å². The van der Waals surface area contributed by atoms with E-state index in [0.717, 1.165) is 17.7 Å². The van der Waals surface area contributed by atoms with Crippen LogP contribution in [0.1, 0.15) is 122 Å². The Bertz CT molecular complexity index is 1830. The molecule has 3 aliphatic heterocycles. The van der Waals surface area contributed by atoms with Crippen molar-refractivity contribution in [2.45, 2.75) is 195 Å². The molecule has 8 atom stereocenters. The number of carbonyl (C=O) groups excluding carboxylic acids is 2. The molecule has 3 heterocycles. The zero-order valence-electron chi connectivity index (χ0n) is 40.5. The van der Waals surface area contributed by atoms with Gasteiger partial charge in [0.1, 0.15) is 35.3 Å². The largest absolute Gasteiger partial charge is 0.493 e. The lowest BCUT2D eigenvalue weighted by molar-refractivity contribution is -0.182. The van der Waals surface area contributed by atoms with Crippen LogP contribution in [0, 0.1) is 10.8 Å². The zero-order valence-corrected chi connectivity index (χ0v) is 40.5. The molecule has 12 nitrogen and oxygen atoms in total. The third-order valence-corrected chi connectivity index (χ3v) is 14.2. The summed E-state index contributed by atoms with van der Waals surface area (Å²) in [6.07, 6.45) is -1.51. The molecule has 3 saturated heterocycles. The fraction of sp³-hybridized carbons (Fsp3) is 0.720. The van der Waals surface area contributed by atoms with Gasteiger partial charge in [-0.3, -0.25) is 9.59 Å². The van der Waals surface area contributed by atoms with E-state index in [0.29, 0.717) is 31.3 Å². The Morgan fingerprint density at radius 1 is 0.629 bits per heavy atom. The van der Waals surface area contributed by atoms with Crippen LogP contribution >= 0.6 is 0 Å². The number of aliphatic hydroxyl groups excluding tert-OH is 2. The molecule has 0 radical (unpaired) electrons. The minimum absolute atomic E-state index is 0.0473. The molecule has 348 valence electrons. The highest BCUT2D eigenvalue weighted by Crippen LogP contribution is 2.39. The van der Waals surface area contributed by atoms with E-state index in [4.69, 9.17) is 28.4 Å². The molecule has 3 fully saturated rings. The number of benzene rings is 2. The van der Waals surface area contributed by atoms with Crippen LogP contribution in [-0.4, -0.2) is 129 Å². The number of hydrogen-bond acceptors (Lipinski definition) is 10. The lowest BCUT2D eigenvalue weighted by Gasteiger charge is -2.56. The lowest BCUT2D eigenvalue weighted by Crippen LogP contribution is -2.75. The van der Waals surface area contributed by atoms with Gasteiger partial charge in [0.2, 0.25) is 11.8 Å². The topological polar surface area (TPSA) is 143 Å². The second kappa shape index (κ2) is 18.3. The molecule has 0 aromatic heterocycles. The standard InChI is InChI=1S/C50H78N2O10/c1-31(53)47(9,10)51-39(25-35-17-21-37(22-18-35)60-29-45(5,6)33(3)59-30-46(7,8)41-27-57-41)43(55)52(48(11,12)32(2)54)40(44(51)56)26-36-19-23-38(24-20-36)62-49(13,14)34(4)61-50(15,16)42-28-58-42/h17-24,31-34,39-42,53-54H,25-30H2,1-16H3. The Morgan fingerprint density at radius 3 is 1.45 bits per heavy atom. The summed E-state index contributed by atoms with van der Waals surface area (Å²) < 4.78 is 36.4. The predicted molar refractivity (Wildman–Crippen MR) is 240 cm³/mol. The van der Waals surface area contributed by atoms with Crippen molar-refractivity contribution in [1.82, 2.24) is 9.80 Å². The van der Waals surface area contributed by atoms with Crippen LogP contribution in [0.3, 0.4) is 0 Å². The van der Waals surface area contributed by atoms with Gasteiger partial charge in [-0.25, -0.2) is 0 Å². The second-order valence-electron chi connectivity index (χ2n) is 21.7. The van der Waals surface area contributed by atoms with Crippen molar-refractivity contribution >= 4 is 11.8 Å². The minimum atomic E-state index is -1.11. The molecule has 3 aliphatic rings. The number of hydrogen-bond donors (Lipinski definition) is 2. The number of piperazine rings is 1. The molecule has 0 aliphatic carbocycles. The van der Waals surface area contributed by atoms with Gasteiger partial charge in [0.15, 0.2) is 0 Å². The fourth-order valence-electron chi connectivity index (χ4n) is 7.90. The molecule has 2 aromatic carbocycles. The number of rotatable bonds is 22. The first-order valence-electron chi connectivity index (χ1n) is 22.6. The Hall–Kier alpha value is -3.26. The van der Waals surface area contributed by atoms with Crippen LogP contribution in [0.25, 0.3) is 0 Å². The summed E-state index contributed by atoms with van der Waals surface area (Å²) in [4.78, 5) is 33.3. The molecule has 62 heavy (non-hydrogen) atoms. The van der Waals surface area contributed by atoms with Crippen LogP contribution in [0.2, 0.25) is 0 Å². The maximum absolute atomic E-state index is 15.1. The van der Waals surface area contributed by atoms with Crippen molar-refractivity contribution in [1.29, 1.82) is 0 Å². The Morgan fingerprint density at radius 2 is 1.05 bits per heavy atom. The van der Waals surface area contributed by atoms with Crippen molar-refractivity contribution in [3.63, 3.8) is 0 Å². The molecule has 0 bridgehead atoms. The van der Waals surface area contributed by atoms with Crippen molar-refractivity contribution in [2.24, 2.45) is 10.8 Å². The molecule has 8 unspecified atom stereocenters. The summed E-state index contributed by atoms with van der Waals surface area (Å²) in [5.74, 6) is 0.731. The molecular weight excluding hydrogens is 789 g/mol. The van der Waals surface area contributed by atoms with E-state index >= 15 is 9.59 Å². The maximum Gasteiger partial charge on any atom is 0.246 e. The van der Waals surface area contributed by atoms with Crippen molar-refractivity contribution < 1.29 is 48.2 Å². The molecular formula is C50H78N2O10. The Labute approximate surface area is 371 Å². The quantitative estimate of drug-likeness (QED) is 0.117. The highest BCUT2D eigenvalue weighted by molar-refractivity contribution is 5.98. The molecule has 5 rings (SSSR count). The average Bonchev–Trinajstić information content (AvgIpc) is 4.09. The van der Waals surface area contributed by atoms with Crippen LogP contribution in [0.5, 0.6) is 11.5 Å². The smallest absolute Gasteiger partial charge is 0.246 e. The fourth-order valence-corrected chi connectivity index (χ4v) is 7.90. The monoisotopic (exact) mass is 867 g/mol. The molecule has 0 saturated carbocycles. The van der Waals surface area contributed by atoms with E-state index < -0.39 is 46.6 Å². The summed E-state index contributed by atoms with van der Waals surface area (Å²) >= 11 is 0. The van der Waals surface area contributed by atoms with Crippen molar-refractivity contribution in [2.75, 3.05) is 26.4 Å². The van der Waals surface area contributed by atoms with Gasteiger partial charge in [0, 0.05) is 23.7 Å². The van der Waals surface area contributed by atoms with Crippen LogP contribution < -0.4 is 9.47 Å². The highest BCUT2D eigenvalue weighted by atomic mass is 16.6. The maximum atomic E-state index is 15.1. The van der Waals surface area contributed by atoms with Crippen LogP contribution in [0.15, 0.2) is 48.5 Å². The summed E-state index contributed by atoms with van der Waals surface area (Å²) in [6, 6.07) is 13.3. The minimum Gasteiger partial charge on any atom is -0.493 e. The highest BCUT2D eigenvalue weighted by Gasteiger charge is 2.56. The van der Waals surface area contributed by atoms with E-state index in [1.807, 2.05) is 83.1 Å². The third-order valence-electron chi connectivity index (χ3n) is 14.2. The summed E-state index contributed by atoms with van der Waals surface area (Å²) in [7, 11) is 0. The van der Waals surface area contributed by atoms with Gasteiger partial charge in [0.05, 0.1) is 73.6 Å². The van der Waals surface area contributed by atoms with Gasteiger partial charge in [-0.15, -0.1) is 0 Å². The van der Waals surface area contributed by atoms with Gasteiger partial charge >= 0.3 is 0 Å². The van der Waals surface area contributed by atoms with E-state index in [2.05, 4.69) is 34.6 Å². The number of nitrogens with zero attached hydrogens (tertiary/aromatic N) is 2. The van der Waals surface area contributed by atoms with Gasteiger partial charge in [-0.1, -0.05) is 52.0 Å². The lowest BCUT2D eigenvalue weighted by atomic mass is 9.83. The van der Waals surface area contributed by atoms with Gasteiger partial charge in [-0.05, 0) is 118 Å². The molecule has 2 N–H and O–H groups in total. The molecule has 2 aromatic rings. The third kappa shape index (κ3) is 11.3. The summed E-state index contributed by atoms with van der Waals surface area (Å²) in [5.41, 5.74) is -2.00. The van der Waals surface area contributed by atoms with E-state index in [9.17, 15) is 10.2 Å². The number of aliphatic hydroxyl groups is 2. The average molecular weight is 867 g/mol.